The van der Waals surface area contributed by atoms with Crippen LogP contribution in [0.4, 0.5) is 0 Å². The van der Waals surface area contributed by atoms with Crippen molar-refractivity contribution in [2.24, 2.45) is 0 Å². The minimum Gasteiger partial charge on any atom is -0.455 e. The zero-order valence-corrected chi connectivity index (χ0v) is 27.5. The second-order valence-electron chi connectivity index (χ2n) is 12.8. The molecule has 51 heavy (non-hydrogen) atoms. The van der Waals surface area contributed by atoms with Gasteiger partial charge in [-0.2, -0.15) is 0 Å². The molecule has 0 unspecified atom stereocenters. The minimum absolute atomic E-state index is 0.620. The Labute approximate surface area is 294 Å². The molecule has 4 heteroatoms. The number of fused-ring (bicyclic) bond motifs is 6. The van der Waals surface area contributed by atoms with Crippen LogP contribution in [0.1, 0.15) is 0 Å². The van der Waals surface area contributed by atoms with Crippen LogP contribution in [0.5, 0.6) is 0 Å². The number of furan rings is 1. The van der Waals surface area contributed by atoms with Crippen molar-refractivity contribution < 1.29 is 4.42 Å². The Kier molecular flexibility index (Phi) is 6.78. The third-order valence-corrected chi connectivity index (χ3v) is 9.71. The molecule has 2 heterocycles. The summed E-state index contributed by atoms with van der Waals surface area (Å²) in [5.74, 6) is 1.89. The van der Waals surface area contributed by atoms with E-state index in [-0.39, 0.29) is 0 Å². The number of hydrogen-bond donors (Lipinski definition) is 0. The third kappa shape index (κ3) is 5.04. The van der Waals surface area contributed by atoms with Crippen molar-refractivity contribution in [1.29, 1.82) is 0 Å². The molecule has 0 aliphatic heterocycles. The second-order valence-corrected chi connectivity index (χ2v) is 12.8. The molecule has 10 aromatic rings. The number of benzene rings is 8. The van der Waals surface area contributed by atoms with E-state index in [1.807, 2.05) is 60.7 Å². The van der Waals surface area contributed by atoms with Crippen LogP contribution >= 0.6 is 0 Å². The van der Waals surface area contributed by atoms with Gasteiger partial charge in [-0.15, -0.1) is 0 Å². The van der Waals surface area contributed by atoms with E-state index in [4.69, 9.17) is 19.4 Å². The molecule has 0 atom stereocenters. The Morgan fingerprint density at radius 3 is 1.65 bits per heavy atom. The van der Waals surface area contributed by atoms with E-state index in [1.54, 1.807) is 0 Å². The zero-order valence-electron chi connectivity index (χ0n) is 27.5. The quantitative estimate of drug-likeness (QED) is 0.186. The lowest BCUT2D eigenvalue weighted by molar-refractivity contribution is 0.673. The molecule has 2 aromatic heterocycles. The fourth-order valence-electron chi connectivity index (χ4n) is 7.24. The summed E-state index contributed by atoms with van der Waals surface area (Å²) >= 11 is 0. The van der Waals surface area contributed by atoms with Crippen molar-refractivity contribution in [2.75, 3.05) is 0 Å². The smallest absolute Gasteiger partial charge is 0.164 e. The Bertz CT molecular complexity index is 2850. The summed E-state index contributed by atoms with van der Waals surface area (Å²) in [6, 6.07) is 61.1. The number of nitrogens with zero attached hydrogens (tertiary/aromatic N) is 3. The van der Waals surface area contributed by atoms with Crippen molar-refractivity contribution in [1.82, 2.24) is 15.0 Å². The molecule has 8 aromatic carbocycles. The van der Waals surface area contributed by atoms with Gasteiger partial charge in [0.15, 0.2) is 17.5 Å². The van der Waals surface area contributed by atoms with Crippen LogP contribution in [-0.4, -0.2) is 15.0 Å². The Hall–Kier alpha value is -6.91. The molecule has 0 aliphatic carbocycles. The Morgan fingerprint density at radius 2 is 0.882 bits per heavy atom. The molecular weight excluding hydrogens is 623 g/mol. The zero-order chi connectivity index (χ0) is 33.7. The molecule has 238 valence electrons. The maximum Gasteiger partial charge on any atom is 0.164 e. The van der Waals surface area contributed by atoms with Crippen molar-refractivity contribution in [3.8, 4) is 56.4 Å². The molecule has 0 aliphatic rings. The van der Waals surface area contributed by atoms with Gasteiger partial charge in [0, 0.05) is 32.8 Å². The van der Waals surface area contributed by atoms with Crippen LogP contribution in [0.15, 0.2) is 180 Å². The van der Waals surface area contributed by atoms with Crippen LogP contribution in [0, 0.1) is 0 Å². The molecule has 0 saturated carbocycles. The number of hydrogen-bond acceptors (Lipinski definition) is 4. The van der Waals surface area contributed by atoms with Crippen molar-refractivity contribution in [3.63, 3.8) is 0 Å². The summed E-state index contributed by atoms with van der Waals surface area (Å²) in [5.41, 5.74) is 9.19. The lowest BCUT2D eigenvalue weighted by Gasteiger charge is -2.11. The van der Waals surface area contributed by atoms with Gasteiger partial charge in [-0.05, 0) is 62.7 Å². The first-order valence-electron chi connectivity index (χ1n) is 17.1. The van der Waals surface area contributed by atoms with Gasteiger partial charge in [0.25, 0.3) is 0 Å². The van der Waals surface area contributed by atoms with Crippen LogP contribution in [0.25, 0.3) is 99.9 Å². The average molecular weight is 652 g/mol. The van der Waals surface area contributed by atoms with Crippen molar-refractivity contribution in [2.45, 2.75) is 0 Å². The molecule has 0 N–H and O–H groups in total. The van der Waals surface area contributed by atoms with Gasteiger partial charge < -0.3 is 4.42 Å². The summed E-state index contributed by atoms with van der Waals surface area (Å²) in [6.45, 7) is 0. The highest BCUT2D eigenvalue weighted by molar-refractivity contribution is 6.19. The summed E-state index contributed by atoms with van der Waals surface area (Å²) in [5, 5.41) is 6.59. The van der Waals surface area contributed by atoms with E-state index >= 15 is 0 Å². The summed E-state index contributed by atoms with van der Waals surface area (Å²) in [6.07, 6.45) is 0. The number of rotatable bonds is 5. The molecule has 0 amide bonds. The largest absolute Gasteiger partial charge is 0.455 e. The summed E-state index contributed by atoms with van der Waals surface area (Å²) in [4.78, 5) is 15.1. The van der Waals surface area contributed by atoms with Crippen LogP contribution < -0.4 is 0 Å². The predicted octanol–water partition coefficient (Wildman–Crippen LogP) is 12.4. The van der Waals surface area contributed by atoms with Gasteiger partial charge in [-0.3, -0.25) is 0 Å². The second kappa shape index (κ2) is 11.9. The summed E-state index contributed by atoms with van der Waals surface area (Å²) < 4.78 is 6.62. The normalized spacial score (nSPS) is 11.5. The lowest BCUT2D eigenvalue weighted by atomic mass is 9.94. The van der Waals surface area contributed by atoms with Crippen molar-refractivity contribution >= 4 is 43.5 Å². The highest BCUT2D eigenvalue weighted by Gasteiger charge is 2.19. The highest BCUT2D eigenvalue weighted by atomic mass is 16.3. The average Bonchev–Trinajstić information content (AvgIpc) is 3.59. The molecular formula is C47H29N3O. The maximum atomic E-state index is 6.62. The van der Waals surface area contributed by atoms with Crippen LogP contribution in [0.3, 0.4) is 0 Å². The van der Waals surface area contributed by atoms with E-state index in [0.717, 1.165) is 60.5 Å². The first-order valence-corrected chi connectivity index (χ1v) is 17.1. The molecule has 0 fully saturated rings. The molecule has 0 bridgehead atoms. The van der Waals surface area contributed by atoms with E-state index in [1.165, 1.54) is 21.9 Å². The van der Waals surface area contributed by atoms with Crippen LogP contribution in [0.2, 0.25) is 0 Å². The monoisotopic (exact) mass is 651 g/mol. The van der Waals surface area contributed by atoms with Gasteiger partial charge in [0.2, 0.25) is 0 Å². The Morgan fingerprint density at radius 1 is 0.314 bits per heavy atom. The molecule has 10 rings (SSSR count). The van der Waals surface area contributed by atoms with E-state index in [9.17, 15) is 0 Å². The fraction of sp³-hybridized carbons (Fsp3) is 0. The van der Waals surface area contributed by atoms with Gasteiger partial charge in [-0.25, -0.2) is 15.0 Å². The molecule has 0 radical (unpaired) electrons. The molecule has 4 nitrogen and oxygen atoms in total. The van der Waals surface area contributed by atoms with Gasteiger partial charge in [0.1, 0.15) is 11.2 Å². The Balaban J connectivity index is 1.17. The van der Waals surface area contributed by atoms with Gasteiger partial charge in [0.05, 0.1) is 0 Å². The van der Waals surface area contributed by atoms with E-state index in [2.05, 4.69) is 115 Å². The fourth-order valence-corrected chi connectivity index (χ4v) is 7.24. The maximum absolute atomic E-state index is 6.62. The third-order valence-electron chi connectivity index (χ3n) is 9.71. The topological polar surface area (TPSA) is 51.8 Å². The SMILES string of the molecule is c1ccc(-c2nc(-c3ccccc3)nc(-c3cc4c5cc(-c6cccc(-c7cccc8ccccc78)c6)ccc5oc4c4ccccc34)n2)cc1. The standard InChI is InChI=1S/C47H29N3O/c1-3-14-31(15-4-1)45-48-46(32-16-5-2-6-17-32)50-47(49-45)42-29-41-40-28-34(25-26-43(40)51-44(41)39-23-10-9-22-38(39)42)33-19-11-20-35(27-33)37-24-12-18-30-13-7-8-21-36(30)37/h1-29H. The summed E-state index contributed by atoms with van der Waals surface area (Å²) in [7, 11) is 0. The van der Waals surface area contributed by atoms with Crippen LogP contribution in [-0.2, 0) is 0 Å². The molecule has 0 spiro atoms. The highest BCUT2D eigenvalue weighted by Crippen LogP contribution is 2.41. The molecule has 0 saturated heterocycles. The lowest BCUT2D eigenvalue weighted by Crippen LogP contribution is -2.00. The minimum atomic E-state index is 0.620. The van der Waals surface area contributed by atoms with Gasteiger partial charge >= 0.3 is 0 Å². The number of aromatic nitrogens is 3. The first kappa shape index (κ1) is 29.0. The van der Waals surface area contributed by atoms with Crippen molar-refractivity contribution in [3.05, 3.63) is 176 Å². The van der Waals surface area contributed by atoms with Gasteiger partial charge in [-0.1, -0.05) is 152 Å². The van der Waals surface area contributed by atoms with E-state index in [0.29, 0.717) is 17.5 Å². The van der Waals surface area contributed by atoms with E-state index < -0.39 is 0 Å². The predicted molar refractivity (Wildman–Crippen MR) is 209 cm³/mol. The first-order chi connectivity index (χ1) is 25.3.